The average Bonchev–Trinajstić information content (AvgIpc) is 1.95. The Hall–Kier alpha value is -0.300. The molecule has 0 saturated carbocycles. The van der Waals surface area contributed by atoms with Crippen LogP contribution in [0.2, 0.25) is 0 Å². The van der Waals surface area contributed by atoms with E-state index in [-0.39, 0.29) is 5.83 Å². The summed E-state index contributed by atoms with van der Waals surface area (Å²) in [5, 5.41) is 0. The minimum Gasteiger partial charge on any atom is -0.207 e. The highest BCUT2D eigenvalue weighted by Crippen LogP contribution is 2.19. The second-order valence-electron chi connectivity index (χ2n) is 2.42. The lowest BCUT2D eigenvalue weighted by Gasteiger charge is -2.10. The molecule has 2 heteroatoms. The summed E-state index contributed by atoms with van der Waals surface area (Å²) in [7, 11) is 0. The molecule has 0 radical (unpaired) electrons. The van der Waals surface area contributed by atoms with E-state index >= 15 is 0 Å². The monoisotopic (exact) mass is 160 g/mol. The van der Waals surface area contributed by atoms with Crippen molar-refractivity contribution in [3.05, 3.63) is 24.1 Å². The van der Waals surface area contributed by atoms with E-state index in [1.165, 1.54) is 6.08 Å². The van der Waals surface area contributed by atoms with E-state index in [0.717, 1.165) is 12.8 Å². The molecule has 0 saturated heterocycles. The number of alkyl halides is 1. The lowest BCUT2D eigenvalue weighted by Crippen LogP contribution is -1.98. The number of rotatable bonds is 2. The van der Waals surface area contributed by atoms with Gasteiger partial charge in [-0.05, 0) is 30.9 Å². The Bertz CT molecular complexity index is 161. The molecule has 0 aromatic carbocycles. The van der Waals surface area contributed by atoms with E-state index in [1.54, 1.807) is 6.08 Å². The van der Waals surface area contributed by atoms with Crippen molar-refractivity contribution in [2.75, 3.05) is 5.88 Å². The van der Waals surface area contributed by atoms with Gasteiger partial charge in [-0.25, -0.2) is 4.39 Å². The number of halogens is 2. The summed E-state index contributed by atoms with van der Waals surface area (Å²) in [5.41, 5.74) is 0. The van der Waals surface area contributed by atoms with Gasteiger partial charge in [-0.2, -0.15) is 0 Å². The van der Waals surface area contributed by atoms with Crippen LogP contribution in [0.25, 0.3) is 0 Å². The van der Waals surface area contributed by atoms with Gasteiger partial charge >= 0.3 is 0 Å². The lowest BCUT2D eigenvalue weighted by molar-refractivity contribution is 0.589. The molecule has 1 aliphatic carbocycles. The SMILES string of the molecule is FC1=CCC(CCCl)C=C1. The zero-order valence-electron chi connectivity index (χ0n) is 5.69. The number of hydrogen-bond acceptors (Lipinski definition) is 0. The number of hydrogen-bond donors (Lipinski definition) is 0. The second kappa shape index (κ2) is 3.77. The van der Waals surface area contributed by atoms with Gasteiger partial charge in [-0.15, -0.1) is 11.6 Å². The van der Waals surface area contributed by atoms with Crippen molar-refractivity contribution in [2.45, 2.75) is 12.8 Å². The average molecular weight is 161 g/mol. The van der Waals surface area contributed by atoms with Crippen LogP contribution in [-0.2, 0) is 0 Å². The van der Waals surface area contributed by atoms with E-state index in [2.05, 4.69) is 0 Å². The van der Waals surface area contributed by atoms with Gasteiger partial charge in [0, 0.05) is 5.88 Å². The molecule has 0 spiro atoms. The Labute approximate surface area is 65.4 Å². The van der Waals surface area contributed by atoms with Gasteiger partial charge in [0.1, 0.15) is 5.83 Å². The van der Waals surface area contributed by atoms with Gasteiger partial charge in [-0.3, -0.25) is 0 Å². The van der Waals surface area contributed by atoms with Crippen LogP contribution in [0.15, 0.2) is 24.1 Å². The topological polar surface area (TPSA) is 0 Å². The molecule has 0 fully saturated rings. The van der Waals surface area contributed by atoms with Crippen molar-refractivity contribution < 1.29 is 4.39 Å². The predicted molar refractivity (Wildman–Crippen MR) is 41.8 cm³/mol. The predicted octanol–water partition coefficient (Wildman–Crippen LogP) is 3.04. The highest BCUT2D eigenvalue weighted by molar-refractivity contribution is 6.17. The Balaban J connectivity index is 2.37. The summed E-state index contributed by atoms with van der Waals surface area (Å²) in [5.74, 6) is 0.993. The second-order valence-corrected chi connectivity index (χ2v) is 2.80. The molecule has 0 N–H and O–H groups in total. The third-order valence-corrected chi connectivity index (χ3v) is 1.84. The maximum atomic E-state index is 12.3. The van der Waals surface area contributed by atoms with Gasteiger partial charge < -0.3 is 0 Å². The van der Waals surface area contributed by atoms with Crippen LogP contribution in [0, 0.1) is 5.92 Å². The molecule has 0 nitrogen and oxygen atoms in total. The van der Waals surface area contributed by atoms with Crippen LogP contribution in [0.5, 0.6) is 0 Å². The molecule has 10 heavy (non-hydrogen) atoms. The normalized spacial score (nSPS) is 24.6. The van der Waals surface area contributed by atoms with Crippen molar-refractivity contribution in [1.82, 2.24) is 0 Å². The molecular weight excluding hydrogens is 151 g/mol. The quantitative estimate of drug-likeness (QED) is 0.545. The lowest BCUT2D eigenvalue weighted by atomic mass is 9.98. The number of allylic oxidation sites excluding steroid dienone is 4. The molecule has 0 aromatic heterocycles. The zero-order chi connectivity index (χ0) is 7.40. The molecule has 1 atom stereocenters. The first-order valence-electron chi connectivity index (χ1n) is 3.43. The van der Waals surface area contributed by atoms with Crippen molar-refractivity contribution in [3.63, 3.8) is 0 Å². The molecule has 0 amide bonds. The fourth-order valence-corrected chi connectivity index (χ4v) is 1.27. The summed E-state index contributed by atoms with van der Waals surface area (Å²) in [6.07, 6.45) is 6.76. The van der Waals surface area contributed by atoms with E-state index in [1.807, 2.05) is 6.08 Å². The van der Waals surface area contributed by atoms with Gasteiger partial charge in [0.15, 0.2) is 0 Å². The van der Waals surface area contributed by atoms with Crippen molar-refractivity contribution in [3.8, 4) is 0 Å². The summed E-state index contributed by atoms with van der Waals surface area (Å²) < 4.78 is 12.3. The Morgan fingerprint density at radius 2 is 2.50 bits per heavy atom. The molecule has 1 rings (SSSR count). The van der Waals surface area contributed by atoms with Crippen LogP contribution in [0.3, 0.4) is 0 Å². The minimum atomic E-state index is -0.120. The fourth-order valence-electron chi connectivity index (χ4n) is 0.993. The molecule has 0 heterocycles. The molecular formula is C8H10ClF. The highest BCUT2D eigenvalue weighted by atomic mass is 35.5. The standard InChI is InChI=1S/C8H10ClF/c9-6-5-7-1-3-8(10)4-2-7/h1,3-4,7H,2,5-6H2. The first-order chi connectivity index (χ1) is 4.83. The maximum Gasteiger partial charge on any atom is 0.118 e. The van der Waals surface area contributed by atoms with Crippen molar-refractivity contribution >= 4 is 11.6 Å². The van der Waals surface area contributed by atoms with Crippen molar-refractivity contribution in [2.24, 2.45) is 5.92 Å². The highest BCUT2D eigenvalue weighted by Gasteiger charge is 2.06. The first kappa shape index (κ1) is 7.80. The minimum absolute atomic E-state index is 0.120. The summed E-state index contributed by atoms with van der Waals surface area (Å²) >= 11 is 5.52. The zero-order valence-corrected chi connectivity index (χ0v) is 6.44. The third-order valence-electron chi connectivity index (χ3n) is 1.62. The van der Waals surface area contributed by atoms with E-state index < -0.39 is 0 Å². The van der Waals surface area contributed by atoms with Crippen LogP contribution in [-0.4, -0.2) is 5.88 Å². The van der Waals surface area contributed by atoms with Crippen molar-refractivity contribution in [1.29, 1.82) is 0 Å². The van der Waals surface area contributed by atoms with Gasteiger partial charge in [0.25, 0.3) is 0 Å². The third kappa shape index (κ3) is 2.14. The largest absolute Gasteiger partial charge is 0.207 e. The Morgan fingerprint density at radius 1 is 1.70 bits per heavy atom. The molecule has 56 valence electrons. The molecule has 0 bridgehead atoms. The van der Waals surface area contributed by atoms with E-state index in [0.29, 0.717) is 11.8 Å². The van der Waals surface area contributed by atoms with Gasteiger partial charge in [0.2, 0.25) is 0 Å². The van der Waals surface area contributed by atoms with E-state index in [4.69, 9.17) is 11.6 Å². The van der Waals surface area contributed by atoms with Crippen LogP contribution in [0.4, 0.5) is 4.39 Å². The van der Waals surface area contributed by atoms with Crippen LogP contribution in [0.1, 0.15) is 12.8 Å². The smallest absolute Gasteiger partial charge is 0.118 e. The Morgan fingerprint density at radius 3 is 3.00 bits per heavy atom. The summed E-state index contributed by atoms with van der Waals surface area (Å²) in [6, 6.07) is 0. The summed E-state index contributed by atoms with van der Waals surface area (Å²) in [4.78, 5) is 0. The fraction of sp³-hybridized carbons (Fsp3) is 0.500. The van der Waals surface area contributed by atoms with Gasteiger partial charge in [-0.1, -0.05) is 6.08 Å². The van der Waals surface area contributed by atoms with Gasteiger partial charge in [0.05, 0.1) is 0 Å². The Kier molecular flexibility index (Phi) is 2.94. The van der Waals surface area contributed by atoms with E-state index in [9.17, 15) is 4.39 Å². The summed E-state index contributed by atoms with van der Waals surface area (Å²) in [6.45, 7) is 0. The molecule has 0 aromatic rings. The molecule has 0 aliphatic heterocycles. The first-order valence-corrected chi connectivity index (χ1v) is 3.96. The van der Waals surface area contributed by atoms with Crippen LogP contribution >= 0.6 is 11.6 Å². The molecule has 1 aliphatic rings. The molecule has 1 unspecified atom stereocenters. The maximum absolute atomic E-state index is 12.3. The van der Waals surface area contributed by atoms with Crippen LogP contribution < -0.4 is 0 Å².